The van der Waals surface area contributed by atoms with Crippen LogP contribution in [0.1, 0.15) is 11.3 Å². The molecule has 0 saturated carbocycles. The summed E-state index contributed by atoms with van der Waals surface area (Å²) in [5, 5.41) is 4.05. The third-order valence-electron chi connectivity index (χ3n) is 3.97. The molecule has 0 spiro atoms. The lowest BCUT2D eigenvalue weighted by Crippen LogP contribution is -2.25. The number of halogens is 3. The summed E-state index contributed by atoms with van der Waals surface area (Å²) in [6, 6.07) is 11.9. The predicted molar refractivity (Wildman–Crippen MR) is 98.8 cm³/mol. The number of nitrogens with one attached hydrogen (secondary N) is 1. The average Bonchev–Trinajstić information content (AvgIpc) is 2.93. The van der Waals surface area contributed by atoms with Gasteiger partial charge in [0.25, 0.3) is 0 Å². The van der Waals surface area contributed by atoms with E-state index in [-0.39, 0.29) is 22.7 Å². The molecule has 1 aromatic heterocycles. The number of benzene rings is 2. The number of hydrogen-bond donors (Lipinski definition) is 1. The third kappa shape index (κ3) is 4.28. The zero-order valence-electron chi connectivity index (χ0n) is 14.2. The van der Waals surface area contributed by atoms with Crippen LogP contribution in [0.15, 0.2) is 58.7 Å². The highest BCUT2D eigenvalue weighted by atomic mass is 32.1. The molecule has 0 aliphatic rings. The van der Waals surface area contributed by atoms with Gasteiger partial charge in [0.05, 0.1) is 5.56 Å². The fraction of sp³-hybridized carbons (Fsp3) is 0.158. The Kier molecular flexibility index (Phi) is 5.18. The maximum Gasteiger partial charge on any atom is 0.417 e. The lowest BCUT2D eigenvalue weighted by Gasteiger charge is -2.15. The zero-order chi connectivity index (χ0) is 19.6. The van der Waals surface area contributed by atoms with E-state index in [2.05, 4.69) is 5.32 Å². The van der Waals surface area contributed by atoms with E-state index >= 15 is 0 Å². The fourth-order valence-electron chi connectivity index (χ4n) is 2.67. The molecule has 2 aromatic carbocycles. The van der Waals surface area contributed by atoms with Crippen LogP contribution in [0.25, 0.3) is 11.1 Å². The van der Waals surface area contributed by atoms with Crippen LogP contribution in [0, 0.1) is 6.92 Å². The number of anilines is 1. The summed E-state index contributed by atoms with van der Waals surface area (Å²) in [6.07, 6.45) is -4.58. The summed E-state index contributed by atoms with van der Waals surface area (Å²) in [7, 11) is 0. The van der Waals surface area contributed by atoms with Crippen molar-refractivity contribution in [3.8, 4) is 11.1 Å². The third-order valence-corrected chi connectivity index (χ3v) is 4.85. The van der Waals surface area contributed by atoms with E-state index in [1.807, 2.05) is 0 Å². The van der Waals surface area contributed by atoms with Gasteiger partial charge in [0.15, 0.2) is 0 Å². The summed E-state index contributed by atoms with van der Waals surface area (Å²) >= 11 is 0.963. The first-order valence-corrected chi connectivity index (χ1v) is 8.85. The monoisotopic (exact) mass is 392 g/mol. The van der Waals surface area contributed by atoms with E-state index < -0.39 is 17.6 Å². The van der Waals surface area contributed by atoms with Crippen LogP contribution in [-0.4, -0.2) is 10.5 Å². The molecule has 1 N–H and O–H groups in total. The van der Waals surface area contributed by atoms with Gasteiger partial charge >= 0.3 is 11.0 Å². The standard InChI is InChI=1S/C19H15F3N2O2S/c1-12-11-27-18(26)24(12)10-17(25)23-14-7-8-15(13-5-3-2-4-6-13)16(9-14)19(20,21)22/h2-9,11H,10H2,1H3,(H,23,25). The SMILES string of the molecule is Cc1csc(=O)n1CC(=O)Nc1ccc(-c2ccccc2)c(C(F)(F)F)c1. The molecule has 0 unspecified atom stereocenters. The minimum atomic E-state index is -4.58. The Morgan fingerprint density at radius 3 is 2.44 bits per heavy atom. The van der Waals surface area contributed by atoms with E-state index in [1.165, 1.54) is 16.7 Å². The van der Waals surface area contributed by atoms with E-state index in [9.17, 15) is 22.8 Å². The van der Waals surface area contributed by atoms with Gasteiger partial charge in [-0.2, -0.15) is 13.2 Å². The molecule has 8 heteroatoms. The van der Waals surface area contributed by atoms with E-state index in [0.717, 1.165) is 17.4 Å². The molecule has 27 heavy (non-hydrogen) atoms. The predicted octanol–water partition coefficient (Wildman–Crippen LogP) is 4.54. The summed E-state index contributed by atoms with van der Waals surface area (Å²) < 4.78 is 41.8. The second-order valence-corrected chi connectivity index (χ2v) is 6.72. The molecular formula is C19H15F3N2O2S. The minimum absolute atomic E-state index is 0.0212. The molecule has 0 fully saturated rings. The number of carbonyl (C=O) groups is 1. The van der Waals surface area contributed by atoms with Gasteiger partial charge < -0.3 is 5.32 Å². The normalized spacial score (nSPS) is 11.4. The van der Waals surface area contributed by atoms with Crippen LogP contribution in [0.2, 0.25) is 0 Å². The quantitative estimate of drug-likeness (QED) is 0.709. The van der Waals surface area contributed by atoms with Crippen LogP contribution in [-0.2, 0) is 17.5 Å². The first-order chi connectivity index (χ1) is 12.8. The van der Waals surface area contributed by atoms with Crippen molar-refractivity contribution in [2.24, 2.45) is 0 Å². The van der Waals surface area contributed by atoms with E-state index in [4.69, 9.17) is 0 Å². The van der Waals surface area contributed by atoms with Crippen molar-refractivity contribution in [1.29, 1.82) is 0 Å². The van der Waals surface area contributed by atoms with Crippen LogP contribution >= 0.6 is 11.3 Å². The second kappa shape index (κ2) is 7.40. The van der Waals surface area contributed by atoms with E-state index in [0.29, 0.717) is 11.3 Å². The van der Waals surface area contributed by atoms with Crippen molar-refractivity contribution < 1.29 is 18.0 Å². The number of alkyl halides is 3. The lowest BCUT2D eigenvalue weighted by molar-refractivity contribution is -0.137. The van der Waals surface area contributed by atoms with Gasteiger partial charge in [-0.3, -0.25) is 14.2 Å². The molecule has 1 heterocycles. The van der Waals surface area contributed by atoms with Crippen LogP contribution in [0.4, 0.5) is 18.9 Å². The first-order valence-electron chi connectivity index (χ1n) is 7.97. The Hall–Kier alpha value is -2.87. The van der Waals surface area contributed by atoms with Gasteiger partial charge in [-0.15, -0.1) is 0 Å². The van der Waals surface area contributed by atoms with Crippen molar-refractivity contribution >= 4 is 22.9 Å². The molecule has 4 nitrogen and oxygen atoms in total. The fourth-order valence-corrected chi connectivity index (χ4v) is 3.40. The van der Waals surface area contributed by atoms with Gasteiger partial charge in [0.1, 0.15) is 6.54 Å². The second-order valence-electron chi connectivity index (χ2n) is 5.90. The van der Waals surface area contributed by atoms with Crippen molar-refractivity contribution in [3.05, 3.63) is 74.8 Å². The topological polar surface area (TPSA) is 51.1 Å². The molecule has 3 rings (SSSR count). The van der Waals surface area contributed by atoms with Crippen molar-refractivity contribution in [3.63, 3.8) is 0 Å². The van der Waals surface area contributed by atoms with Crippen molar-refractivity contribution in [2.75, 3.05) is 5.32 Å². The van der Waals surface area contributed by atoms with Gasteiger partial charge in [-0.25, -0.2) is 0 Å². The summed E-state index contributed by atoms with van der Waals surface area (Å²) in [4.78, 5) is 23.5. The number of rotatable bonds is 4. The highest BCUT2D eigenvalue weighted by Gasteiger charge is 2.34. The molecule has 0 aliphatic heterocycles. The molecule has 0 bridgehead atoms. The Labute approximate surface area is 156 Å². The maximum atomic E-state index is 13.5. The minimum Gasteiger partial charge on any atom is -0.325 e. The number of aryl methyl sites for hydroxylation is 1. The van der Waals surface area contributed by atoms with Gasteiger partial charge in [0, 0.05) is 16.8 Å². The smallest absolute Gasteiger partial charge is 0.325 e. The number of carbonyl (C=O) groups excluding carboxylic acids is 1. The van der Waals surface area contributed by atoms with Crippen molar-refractivity contribution in [2.45, 2.75) is 19.6 Å². The average molecular weight is 392 g/mol. The number of aromatic nitrogens is 1. The number of thiazole rings is 1. The largest absolute Gasteiger partial charge is 0.417 e. The number of hydrogen-bond acceptors (Lipinski definition) is 3. The van der Waals surface area contributed by atoms with Crippen molar-refractivity contribution in [1.82, 2.24) is 4.57 Å². The molecule has 0 aliphatic carbocycles. The molecule has 0 saturated heterocycles. The molecule has 3 aromatic rings. The summed E-state index contributed by atoms with van der Waals surface area (Å²) in [6.45, 7) is 1.43. The maximum absolute atomic E-state index is 13.5. The Morgan fingerprint density at radius 2 is 1.85 bits per heavy atom. The highest BCUT2D eigenvalue weighted by molar-refractivity contribution is 7.07. The van der Waals surface area contributed by atoms with Crippen LogP contribution in [0.5, 0.6) is 0 Å². The number of nitrogens with zero attached hydrogens (tertiary/aromatic N) is 1. The molecule has 140 valence electrons. The molecule has 0 radical (unpaired) electrons. The lowest BCUT2D eigenvalue weighted by atomic mass is 9.98. The van der Waals surface area contributed by atoms with Crippen LogP contribution in [0.3, 0.4) is 0 Å². The molecule has 1 amide bonds. The van der Waals surface area contributed by atoms with Gasteiger partial charge in [-0.05, 0) is 30.2 Å². The van der Waals surface area contributed by atoms with Gasteiger partial charge in [-0.1, -0.05) is 47.7 Å². The molecule has 0 atom stereocenters. The highest BCUT2D eigenvalue weighted by Crippen LogP contribution is 2.38. The van der Waals surface area contributed by atoms with Crippen LogP contribution < -0.4 is 10.2 Å². The molecular weight excluding hydrogens is 377 g/mol. The first kappa shape index (κ1) is 18.9. The Morgan fingerprint density at radius 1 is 1.15 bits per heavy atom. The van der Waals surface area contributed by atoms with E-state index in [1.54, 1.807) is 42.6 Å². The summed E-state index contributed by atoms with van der Waals surface area (Å²) in [5.41, 5.74) is 0.271. The zero-order valence-corrected chi connectivity index (χ0v) is 15.0. The number of amides is 1. The van der Waals surface area contributed by atoms with Gasteiger partial charge in [0.2, 0.25) is 5.91 Å². The Balaban J connectivity index is 1.89. The summed E-state index contributed by atoms with van der Waals surface area (Å²) in [5.74, 6) is -0.570. The Bertz CT molecular complexity index is 1020.